The molecule has 0 aliphatic rings. The van der Waals surface area contributed by atoms with Crippen LogP contribution in [0.4, 0.5) is 13.2 Å². The number of hydrogen-bond acceptors (Lipinski definition) is 2. The number of halogens is 4. The molecule has 5 aromatic rings. The summed E-state index contributed by atoms with van der Waals surface area (Å²) in [6, 6.07) is 19.7. The van der Waals surface area contributed by atoms with Gasteiger partial charge in [0.1, 0.15) is 0 Å². The van der Waals surface area contributed by atoms with Crippen LogP contribution in [-0.4, -0.2) is 9.55 Å². The average Bonchev–Trinajstić information content (AvgIpc) is 3.18. The van der Waals surface area contributed by atoms with E-state index >= 15 is 0 Å². The number of benzene rings is 3. The van der Waals surface area contributed by atoms with Gasteiger partial charge in [-0.15, -0.1) is 0 Å². The first-order valence-corrected chi connectivity index (χ1v) is 12.4. The molecule has 0 aliphatic carbocycles. The molecule has 0 atom stereocenters. The minimum atomic E-state index is -4.44. The van der Waals surface area contributed by atoms with Gasteiger partial charge in [0.05, 0.1) is 30.0 Å². The Morgan fingerprint density at radius 1 is 0.889 bits per heavy atom. The van der Waals surface area contributed by atoms with Crippen LogP contribution in [0, 0.1) is 0 Å². The topological polar surface area (TPSA) is 27.1 Å². The van der Waals surface area contributed by atoms with Crippen LogP contribution < -0.4 is 0 Å². The maximum atomic E-state index is 13.5. The van der Waals surface area contributed by atoms with E-state index in [4.69, 9.17) is 9.72 Å². The van der Waals surface area contributed by atoms with Crippen molar-refractivity contribution >= 4 is 37.7 Å². The monoisotopic (exact) mass is 552 g/mol. The molecule has 0 spiro atoms. The summed E-state index contributed by atoms with van der Waals surface area (Å²) in [5.41, 5.74) is 5.36. The minimum Gasteiger partial charge on any atom is -0.372 e. The smallest absolute Gasteiger partial charge is 0.372 e. The number of pyridine rings is 1. The number of ether oxygens (including phenoxy) is 1. The van der Waals surface area contributed by atoms with Gasteiger partial charge in [0, 0.05) is 39.6 Å². The third kappa shape index (κ3) is 4.90. The summed E-state index contributed by atoms with van der Waals surface area (Å²) >= 11 is 3.54. The Morgan fingerprint density at radius 3 is 2.36 bits per heavy atom. The number of nitrogens with zero attached hydrogens (tertiary/aromatic N) is 2. The van der Waals surface area contributed by atoms with Crippen molar-refractivity contribution in [1.82, 2.24) is 9.55 Å². The van der Waals surface area contributed by atoms with E-state index in [0.29, 0.717) is 28.8 Å². The Bertz CT molecular complexity index is 1560. The van der Waals surface area contributed by atoms with Crippen LogP contribution in [0.15, 0.2) is 77.4 Å². The highest BCUT2D eigenvalue weighted by molar-refractivity contribution is 9.10. The van der Waals surface area contributed by atoms with E-state index in [-0.39, 0.29) is 6.61 Å². The molecule has 2 aromatic heterocycles. The largest absolute Gasteiger partial charge is 0.416 e. The van der Waals surface area contributed by atoms with Crippen molar-refractivity contribution in [1.29, 1.82) is 0 Å². The Labute approximate surface area is 215 Å². The molecule has 0 bridgehead atoms. The summed E-state index contributed by atoms with van der Waals surface area (Å²) in [7, 11) is 1.96. The van der Waals surface area contributed by atoms with Gasteiger partial charge in [0.25, 0.3) is 0 Å². The lowest BCUT2D eigenvalue weighted by Gasteiger charge is -2.13. The number of fused-ring (bicyclic) bond motifs is 2. The third-order valence-electron chi connectivity index (χ3n) is 6.41. The van der Waals surface area contributed by atoms with Crippen LogP contribution in [0.25, 0.3) is 33.1 Å². The predicted molar refractivity (Wildman–Crippen MR) is 141 cm³/mol. The van der Waals surface area contributed by atoms with Crippen LogP contribution >= 0.6 is 15.9 Å². The van der Waals surface area contributed by atoms with Crippen LogP contribution in [0.1, 0.15) is 29.2 Å². The molecule has 0 saturated heterocycles. The van der Waals surface area contributed by atoms with E-state index in [0.717, 1.165) is 39.0 Å². The fourth-order valence-electron chi connectivity index (χ4n) is 4.45. The van der Waals surface area contributed by atoms with E-state index in [1.165, 1.54) is 17.7 Å². The van der Waals surface area contributed by atoms with Gasteiger partial charge in [-0.3, -0.25) is 0 Å². The second-order valence-corrected chi connectivity index (χ2v) is 9.79. The van der Waals surface area contributed by atoms with E-state index in [1.54, 1.807) is 0 Å². The molecule has 0 fully saturated rings. The number of hydrogen-bond donors (Lipinski definition) is 0. The van der Waals surface area contributed by atoms with Crippen molar-refractivity contribution < 1.29 is 17.9 Å². The Hall–Kier alpha value is -3.16. The van der Waals surface area contributed by atoms with Crippen LogP contribution in [-0.2, 0) is 37.6 Å². The average molecular weight is 553 g/mol. The molecule has 2 heterocycles. The summed E-state index contributed by atoms with van der Waals surface area (Å²) in [6.07, 6.45) is -1.48. The summed E-state index contributed by atoms with van der Waals surface area (Å²) in [5.74, 6) is 0. The highest BCUT2D eigenvalue weighted by Crippen LogP contribution is 2.36. The molecule has 7 heteroatoms. The van der Waals surface area contributed by atoms with Gasteiger partial charge in [-0.25, -0.2) is 4.98 Å². The molecule has 0 radical (unpaired) electrons. The zero-order chi connectivity index (χ0) is 25.4. The lowest BCUT2D eigenvalue weighted by Crippen LogP contribution is -2.05. The highest BCUT2D eigenvalue weighted by atomic mass is 79.9. The minimum absolute atomic E-state index is 0.164. The fraction of sp³-hybridized carbons (Fsp3) is 0.207. The summed E-state index contributed by atoms with van der Waals surface area (Å²) < 4.78 is 49.4. The predicted octanol–water partition coefficient (Wildman–Crippen LogP) is 8.45. The molecule has 0 aliphatic heterocycles. The van der Waals surface area contributed by atoms with Crippen molar-refractivity contribution in [2.75, 3.05) is 0 Å². The van der Waals surface area contributed by atoms with Crippen molar-refractivity contribution in [2.45, 2.75) is 32.7 Å². The first-order chi connectivity index (χ1) is 17.2. The van der Waals surface area contributed by atoms with Gasteiger partial charge in [-0.1, -0.05) is 47.1 Å². The van der Waals surface area contributed by atoms with Crippen LogP contribution in [0.5, 0.6) is 0 Å². The van der Waals surface area contributed by atoms with Gasteiger partial charge < -0.3 is 9.30 Å². The van der Waals surface area contributed by atoms with Crippen LogP contribution in [0.2, 0.25) is 0 Å². The van der Waals surface area contributed by atoms with E-state index in [9.17, 15) is 13.2 Å². The van der Waals surface area contributed by atoms with Gasteiger partial charge in [0.2, 0.25) is 0 Å². The summed E-state index contributed by atoms with van der Waals surface area (Å²) in [5, 5.41) is 1.45. The molecular weight excluding hydrogens is 529 g/mol. The molecule has 36 heavy (non-hydrogen) atoms. The molecule has 3 nitrogen and oxygen atoms in total. The Kier molecular flexibility index (Phi) is 6.62. The zero-order valence-electron chi connectivity index (χ0n) is 19.9. The van der Waals surface area contributed by atoms with E-state index in [2.05, 4.69) is 35.0 Å². The van der Waals surface area contributed by atoms with E-state index in [1.807, 2.05) is 54.2 Å². The van der Waals surface area contributed by atoms with Gasteiger partial charge in [-0.05, 0) is 65.6 Å². The zero-order valence-corrected chi connectivity index (χ0v) is 21.5. The summed E-state index contributed by atoms with van der Waals surface area (Å²) in [6.45, 7) is 2.63. The number of alkyl halides is 3. The molecule has 184 valence electrons. The molecule has 0 unspecified atom stereocenters. The van der Waals surface area contributed by atoms with Gasteiger partial charge in [-0.2, -0.15) is 13.2 Å². The fourth-order valence-corrected chi connectivity index (χ4v) is 4.81. The number of aromatic nitrogens is 2. The third-order valence-corrected chi connectivity index (χ3v) is 6.90. The van der Waals surface area contributed by atoms with Crippen molar-refractivity contribution in [3.05, 3.63) is 99.7 Å². The second-order valence-electron chi connectivity index (χ2n) is 8.87. The number of aryl methyl sites for hydroxylation is 2. The molecule has 5 rings (SSSR count). The van der Waals surface area contributed by atoms with Crippen LogP contribution in [0.3, 0.4) is 0 Å². The number of rotatable bonds is 6. The summed E-state index contributed by atoms with van der Waals surface area (Å²) in [4.78, 5) is 4.76. The van der Waals surface area contributed by atoms with Gasteiger partial charge in [0.15, 0.2) is 0 Å². The molecular formula is C29H24BrF3N2O. The van der Waals surface area contributed by atoms with Crippen molar-refractivity contribution in [2.24, 2.45) is 7.05 Å². The Balaban J connectivity index is 1.57. The van der Waals surface area contributed by atoms with Crippen molar-refractivity contribution in [3.63, 3.8) is 0 Å². The molecule has 0 amide bonds. The first-order valence-electron chi connectivity index (χ1n) is 11.6. The van der Waals surface area contributed by atoms with Gasteiger partial charge >= 0.3 is 6.18 Å². The maximum absolute atomic E-state index is 13.5. The lowest BCUT2D eigenvalue weighted by molar-refractivity contribution is -0.137. The molecule has 0 N–H and O–H groups in total. The second kappa shape index (κ2) is 9.71. The normalized spacial score (nSPS) is 12.1. The molecule has 0 saturated carbocycles. The van der Waals surface area contributed by atoms with E-state index < -0.39 is 11.7 Å². The Morgan fingerprint density at radius 2 is 1.64 bits per heavy atom. The lowest BCUT2D eigenvalue weighted by atomic mass is 10.0. The first kappa shape index (κ1) is 24.5. The quantitative estimate of drug-likeness (QED) is 0.211. The van der Waals surface area contributed by atoms with Crippen molar-refractivity contribution in [3.8, 4) is 11.3 Å². The SMILES string of the molecule is CCc1ccc(COCc2cc(-c3cn(C)c4ccc(Br)cc34)nc3ccc(C(F)(F)F)cc23)cc1. The standard InChI is InChI=1S/C29H24BrF3N2O/c1-3-18-4-6-19(7-5-18)16-36-17-20-12-27(25-15-35(2)28-11-9-22(30)14-24(25)28)34-26-10-8-21(13-23(20)26)29(31,32)33/h4-15H,3,16-17H2,1-2H3. The highest BCUT2D eigenvalue weighted by Gasteiger charge is 2.31. The molecule has 3 aromatic carbocycles. The maximum Gasteiger partial charge on any atom is 0.416 e.